The highest BCUT2D eigenvalue weighted by atomic mass is 16.4. The summed E-state index contributed by atoms with van der Waals surface area (Å²) in [5.74, 6) is -7.51. The third-order valence-electron chi connectivity index (χ3n) is 10.0. The summed E-state index contributed by atoms with van der Waals surface area (Å²) in [5.41, 5.74) is 0.0530. The third-order valence-corrected chi connectivity index (χ3v) is 10.0. The Morgan fingerprint density at radius 1 is 0.795 bits per heavy atom. The molecule has 2 saturated heterocycles. The molecule has 0 spiro atoms. The first-order valence-corrected chi connectivity index (χ1v) is 14.4. The van der Waals surface area contributed by atoms with Gasteiger partial charge in [-0.3, -0.25) is 19.2 Å². The lowest BCUT2D eigenvalue weighted by atomic mass is 9.51. The maximum absolute atomic E-state index is 14.3. The van der Waals surface area contributed by atoms with Gasteiger partial charge in [-0.05, 0) is 56.0 Å². The maximum atomic E-state index is 14.3. The lowest BCUT2D eigenvalue weighted by Crippen LogP contribution is -2.48. The summed E-state index contributed by atoms with van der Waals surface area (Å²) >= 11 is 0. The van der Waals surface area contributed by atoms with Gasteiger partial charge in [-0.1, -0.05) is 48.0 Å². The van der Waals surface area contributed by atoms with E-state index in [1.807, 2.05) is 6.08 Å². The standard InChI is InChI=1S/C34H28N2O8/c1-34-24(30(40)36(33(34)44)17-7-3-2-4-8-17)16-23-19(28(34)20-9-5-6-10-25(20)37)13-14-22-27(23)31(41)35(29(22)39)18-11-12-21(32(42)43)26(38)15-18/h2-13,15,22-24,27-28,37-38H,14,16H2,1H3,(H,42,43)/t22-,23+,24-,27-,28+,34+/m0/s1. The second-order valence-electron chi connectivity index (χ2n) is 12.1. The molecular weight excluding hydrogens is 564 g/mol. The maximum Gasteiger partial charge on any atom is 0.339 e. The van der Waals surface area contributed by atoms with Gasteiger partial charge >= 0.3 is 5.97 Å². The minimum absolute atomic E-state index is 0.0380. The van der Waals surface area contributed by atoms with Crippen molar-refractivity contribution in [2.24, 2.45) is 29.1 Å². The largest absolute Gasteiger partial charge is 0.508 e. The number of para-hydroxylation sites is 2. The third kappa shape index (κ3) is 3.63. The van der Waals surface area contributed by atoms with Crippen LogP contribution >= 0.6 is 0 Å². The fraction of sp³-hybridized carbons (Fsp3) is 0.265. The van der Waals surface area contributed by atoms with E-state index >= 15 is 0 Å². The molecular formula is C34H28N2O8. The average Bonchev–Trinajstić information content (AvgIpc) is 3.37. The number of amides is 4. The van der Waals surface area contributed by atoms with Gasteiger partial charge in [0.05, 0.1) is 34.5 Å². The van der Waals surface area contributed by atoms with Crippen molar-refractivity contribution in [1.29, 1.82) is 0 Å². The SMILES string of the molecule is C[C@@]12C(=O)N(c3ccccc3)C(=O)[C@@H]1C[C@@H]1C(=CC[C@@H]3C(=O)N(c4ccc(C(=O)O)c(O)c4)C(=O)[C@@H]31)[C@@H]2c1ccccc1O. The summed E-state index contributed by atoms with van der Waals surface area (Å²) in [7, 11) is 0. The van der Waals surface area contributed by atoms with Crippen molar-refractivity contribution in [3.8, 4) is 11.5 Å². The number of phenolic OH excluding ortho intramolecular Hbond substituents is 1. The zero-order valence-electron chi connectivity index (χ0n) is 23.6. The van der Waals surface area contributed by atoms with E-state index in [1.165, 1.54) is 17.0 Å². The number of rotatable bonds is 4. The molecule has 7 rings (SSSR count). The van der Waals surface area contributed by atoms with Gasteiger partial charge in [0.25, 0.3) is 0 Å². The lowest BCUT2D eigenvalue weighted by Gasteiger charge is -2.49. The van der Waals surface area contributed by atoms with E-state index in [0.29, 0.717) is 11.3 Å². The smallest absolute Gasteiger partial charge is 0.339 e. The van der Waals surface area contributed by atoms with Crippen molar-refractivity contribution in [3.05, 3.63) is 95.6 Å². The first kappa shape index (κ1) is 27.6. The van der Waals surface area contributed by atoms with Gasteiger partial charge in [-0.2, -0.15) is 0 Å². The van der Waals surface area contributed by atoms with Crippen LogP contribution in [0.5, 0.6) is 11.5 Å². The van der Waals surface area contributed by atoms with Crippen LogP contribution in [0.25, 0.3) is 0 Å². The van der Waals surface area contributed by atoms with Crippen LogP contribution in [-0.4, -0.2) is 44.9 Å². The van der Waals surface area contributed by atoms with Crippen LogP contribution in [0.2, 0.25) is 0 Å². The first-order valence-electron chi connectivity index (χ1n) is 14.4. The minimum atomic E-state index is -1.35. The van der Waals surface area contributed by atoms with E-state index in [9.17, 15) is 39.3 Å². The molecule has 10 heteroatoms. The Morgan fingerprint density at radius 3 is 2.18 bits per heavy atom. The normalized spacial score (nSPS) is 29.3. The summed E-state index contributed by atoms with van der Waals surface area (Å²) < 4.78 is 0. The van der Waals surface area contributed by atoms with Crippen molar-refractivity contribution in [2.75, 3.05) is 9.80 Å². The lowest BCUT2D eigenvalue weighted by molar-refractivity contribution is -0.131. The summed E-state index contributed by atoms with van der Waals surface area (Å²) in [4.78, 5) is 69.9. The van der Waals surface area contributed by atoms with Crippen LogP contribution in [0.15, 0.2) is 84.4 Å². The predicted octanol–water partition coefficient (Wildman–Crippen LogP) is 4.23. The van der Waals surface area contributed by atoms with Crippen molar-refractivity contribution in [1.82, 2.24) is 0 Å². The van der Waals surface area contributed by atoms with E-state index < -0.39 is 70.4 Å². The van der Waals surface area contributed by atoms with Gasteiger partial charge < -0.3 is 15.3 Å². The topological polar surface area (TPSA) is 153 Å². The minimum Gasteiger partial charge on any atom is -0.508 e. The molecule has 6 atom stereocenters. The van der Waals surface area contributed by atoms with Gasteiger partial charge in [0.2, 0.25) is 23.6 Å². The Bertz CT molecular complexity index is 1820. The Labute approximate surface area is 251 Å². The van der Waals surface area contributed by atoms with Crippen molar-refractivity contribution in [3.63, 3.8) is 0 Å². The second kappa shape index (κ2) is 9.63. The molecule has 0 unspecified atom stereocenters. The molecule has 3 fully saturated rings. The number of fused-ring (bicyclic) bond motifs is 4. The highest BCUT2D eigenvalue weighted by Crippen LogP contribution is 2.64. The summed E-state index contributed by atoms with van der Waals surface area (Å²) in [5, 5.41) is 30.6. The van der Waals surface area contributed by atoms with Crippen LogP contribution in [0.3, 0.4) is 0 Å². The molecule has 1 saturated carbocycles. The van der Waals surface area contributed by atoms with Gasteiger partial charge in [0.15, 0.2) is 0 Å². The van der Waals surface area contributed by atoms with Crippen molar-refractivity contribution in [2.45, 2.75) is 25.7 Å². The van der Waals surface area contributed by atoms with Crippen LogP contribution in [-0.2, 0) is 19.2 Å². The molecule has 44 heavy (non-hydrogen) atoms. The molecule has 3 N–H and O–H groups in total. The molecule has 0 bridgehead atoms. The summed E-state index contributed by atoms with van der Waals surface area (Å²) in [6, 6.07) is 18.9. The number of aromatic carboxylic acids is 1. The highest BCUT2D eigenvalue weighted by Gasteiger charge is 2.68. The average molecular weight is 593 g/mol. The van der Waals surface area contributed by atoms with E-state index in [-0.39, 0.29) is 29.8 Å². The second-order valence-corrected chi connectivity index (χ2v) is 12.1. The Kier molecular flexibility index (Phi) is 6.04. The van der Waals surface area contributed by atoms with Crippen LogP contribution in [0, 0.1) is 29.1 Å². The number of carboxylic acid groups (broad SMARTS) is 1. The van der Waals surface area contributed by atoms with Crippen molar-refractivity contribution < 1.29 is 39.3 Å². The monoisotopic (exact) mass is 592 g/mol. The zero-order chi connectivity index (χ0) is 31.1. The van der Waals surface area contributed by atoms with Gasteiger partial charge in [0.1, 0.15) is 17.1 Å². The number of hydrogen-bond acceptors (Lipinski definition) is 7. The molecule has 222 valence electrons. The number of carboxylic acids is 1. The van der Waals surface area contributed by atoms with Crippen LogP contribution in [0.4, 0.5) is 11.4 Å². The fourth-order valence-corrected chi connectivity index (χ4v) is 8.01. The van der Waals surface area contributed by atoms with Gasteiger partial charge in [0, 0.05) is 17.5 Å². The van der Waals surface area contributed by atoms with Crippen LogP contribution < -0.4 is 9.80 Å². The Morgan fingerprint density at radius 2 is 1.50 bits per heavy atom. The first-order chi connectivity index (χ1) is 21.1. The number of allylic oxidation sites excluding steroid dienone is 2. The van der Waals surface area contributed by atoms with Crippen LogP contribution in [0.1, 0.15) is 41.6 Å². The molecule has 10 nitrogen and oxygen atoms in total. The molecule has 4 aliphatic rings. The molecule has 2 aliphatic carbocycles. The number of carbonyl (C=O) groups excluding carboxylic acids is 4. The zero-order valence-corrected chi connectivity index (χ0v) is 23.6. The molecule has 2 aliphatic heterocycles. The number of aromatic hydroxyl groups is 2. The van der Waals surface area contributed by atoms with E-state index in [0.717, 1.165) is 22.6 Å². The molecule has 3 aromatic carbocycles. The Hall–Kier alpha value is -5.25. The number of nitrogens with zero attached hydrogens (tertiary/aromatic N) is 2. The Balaban J connectivity index is 1.35. The highest BCUT2D eigenvalue weighted by molar-refractivity contribution is 6.25. The van der Waals surface area contributed by atoms with Crippen molar-refractivity contribution >= 4 is 41.0 Å². The summed E-state index contributed by atoms with van der Waals surface area (Å²) in [6.07, 6.45) is 2.23. The van der Waals surface area contributed by atoms with Gasteiger partial charge in [-0.25, -0.2) is 14.6 Å². The molecule has 0 aromatic heterocycles. The molecule has 4 amide bonds. The number of phenols is 2. The fourth-order valence-electron chi connectivity index (χ4n) is 8.01. The predicted molar refractivity (Wildman–Crippen MR) is 157 cm³/mol. The number of hydrogen-bond donors (Lipinski definition) is 3. The number of anilines is 2. The molecule has 3 aromatic rings. The van der Waals surface area contributed by atoms with E-state index in [4.69, 9.17) is 0 Å². The van der Waals surface area contributed by atoms with E-state index in [2.05, 4.69) is 0 Å². The van der Waals surface area contributed by atoms with Gasteiger partial charge in [-0.15, -0.1) is 0 Å². The number of benzene rings is 3. The molecule has 0 radical (unpaired) electrons. The number of carbonyl (C=O) groups is 5. The number of imide groups is 2. The van der Waals surface area contributed by atoms with E-state index in [1.54, 1.807) is 55.5 Å². The quantitative estimate of drug-likeness (QED) is 0.301. The summed E-state index contributed by atoms with van der Waals surface area (Å²) in [6.45, 7) is 1.75. The molecule has 2 heterocycles.